The van der Waals surface area contributed by atoms with Crippen LogP contribution in [-0.2, 0) is 4.79 Å². The van der Waals surface area contributed by atoms with E-state index in [2.05, 4.69) is 5.32 Å². The van der Waals surface area contributed by atoms with Crippen molar-refractivity contribution in [3.63, 3.8) is 0 Å². The first-order valence-electron chi connectivity index (χ1n) is 5.40. The Kier molecular flexibility index (Phi) is 6.05. The molecule has 3 N–H and O–H groups in total. The number of rotatable bonds is 8. The number of carboxylic acids is 1. The summed E-state index contributed by atoms with van der Waals surface area (Å²) in [7, 11) is 0. The van der Waals surface area contributed by atoms with E-state index < -0.39 is 5.97 Å². The highest BCUT2D eigenvalue weighted by molar-refractivity contribution is 7.99. The molecule has 0 bridgehead atoms. The smallest absolute Gasteiger partial charge is 0.308 e. The molecular weight excluding hydrogens is 214 g/mol. The van der Waals surface area contributed by atoms with E-state index in [0.717, 1.165) is 37.3 Å². The molecular formula is C10H19NO3S. The van der Waals surface area contributed by atoms with Crippen molar-refractivity contribution in [3.05, 3.63) is 0 Å². The number of carbonyl (C=O) groups is 1. The summed E-state index contributed by atoms with van der Waals surface area (Å²) in [4.78, 5) is 10.7. The van der Waals surface area contributed by atoms with E-state index in [9.17, 15) is 4.79 Å². The average molecular weight is 233 g/mol. The predicted octanol–water partition coefficient (Wildman–Crippen LogP) is 0.555. The molecule has 0 aromatic carbocycles. The topological polar surface area (TPSA) is 69.6 Å². The maximum atomic E-state index is 10.7. The molecule has 1 aliphatic carbocycles. The normalized spacial score (nSPS) is 24.9. The number of aliphatic hydroxyl groups excluding tert-OH is 1. The number of hydrogen-bond donors (Lipinski definition) is 3. The van der Waals surface area contributed by atoms with Crippen molar-refractivity contribution < 1.29 is 15.0 Å². The second-order valence-corrected chi connectivity index (χ2v) is 5.00. The van der Waals surface area contributed by atoms with Crippen LogP contribution in [-0.4, -0.2) is 46.9 Å². The van der Waals surface area contributed by atoms with Gasteiger partial charge in [0.15, 0.2) is 0 Å². The summed E-state index contributed by atoms with van der Waals surface area (Å²) < 4.78 is 0. The number of thioether (sulfide) groups is 1. The molecule has 0 spiro atoms. The summed E-state index contributed by atoms with van der Waals surface area (Å²) >= 11 is 1.79. The highest BCUT2D eigenvalue weighted by atomic mass is 32.2. The monoisotopic (exact) mass is 233 g/mol. The number of aliphatic carboxylic acids is 1. The van der Waals surface area contributed by atoms with Gasteiger partial charge in [-0.05, 0) is 25.0 Å². The maximum Gasteiger partial charge on any atom is 0.308 e. The fourth-order valence-corrected chi connectivity index (χ4v) is 2.42. The molecule has 88 valence electrons. The van der Waals surface area contributed by atoms with Gasteiger partial charge in [-0.15, -0.1) is 0 Å². The van der Waals surface area contributed by atoms with Gasteiger partial charge in [0.1, 0.15) is 0 Å². The SMILES string of the molecule is O=C(O)C1CCC1NCCSCCCO. The molecule has 5 heteroatoms. The van der Waals surface area contributed by atoms with E-state index in [4.69, 9.17) is 10.2 Å². The van der Waals surface area contributed by atoms with Crippen molar-refractivity contribution in [1.82, 2.24) is 5.32 Å². The van der Waals surface area contributed by atoms with Crippen molar-refractivity contribution in [1.29, 1.82) is 0 Å². The van der Waals surface area contributed by atoms with Gasteiger partial charge in [0, 0.05) is 24.9 Å². The Morgan fingerprint density at radius 3 is 2.73 bits per heavy atom. The summed E-state index contributed by atoms with van der Waals surface area (Å²) in [6, 6.07) is 0.181. The van der Waals surface area contributed by atoms with Gasteiger partial charge >= 0.3 is 5.97 Å². The summed E-state index contributed by atoms with van der Waals surface area (Å²) in [5, 5.41) is 20.6. The van der Waals surface area contributed by atoms with Crippen molar-refractivity contribution in [2.24, 2.45) is 5.92 Å². The summed E-state index contributed by atoms with van der Waals surface area (Å²) in [6.45, 7) is 1.12. The zero-order chi connectivity index (χ0) is 11.1. The van der Waals surface area contributed by atoms with Gasteiger partial charge in [0.25, 0.3) is 0 Å². The third-order valence-electron chi connectivity index (χ3n) is 2.69. The second kappa shape index (κ2) is 7.09. The fraction of sp³-hybridized carbons (Fsp3) is 0.900. The lowest BCUT2D eigenvalue weighted by atomic mass is 9.80. The molecule has 1 saturated carbocycles. The third kappa shape index (κ3) is 4.40. The van der Waals surface area contributed by atoms with E-state index in [0.29, 0.717) is 0 Å². The van der Waals surface area contributed by atoms with E-state index in [1.54, 1.807) is 11.8 Å². The van der Waals surface area contributed by atoms with Crippen LogP contribution < -0.4 is 5.32 Å². The Bertz CT molecular complexity index is 201. The lowest BCUT2D eigenvalue weighted by molar-refractivity contribution is -0.145. The molecule has 1 aliphatic rings. The van der Waals surface area contributed by atoms with Crippen molar-refractivity contribution in [3.8, 4) is 0 Å². The van der Waals surface area contributed by atoms with Crippen LogP contribution in [0.5, 0.6) is 0 Å². The number of hydrogen-bond acceptors (Lipinski definition) is 4. The molecule has 15 heavy (non-hydrogen) atoms. The Morgan fingerprint density at radius 2 is 2.20 bits per heavy atom. The third-order valence-corrected chi connectivity index (χ3v) is 3.76. The van der Waals surface area contributed by atoms with Crippen LogP contribution in [0.4, 0.5) is 0 Å². The fourth-order valence-electron chi connectivity index (χ4n) is 1.63. The molecule has 0 aromatic heterocycles. The summed E-state index contributed by atoms with van der Waals surface area (Å²) in [6.07, 6.45) is 2.63. The van der Waals surface area contributed by atoms with Crippen LogP contribution in [0.15, 0.2) is 0 Å². The standard InChI is InChI=1S/C10H19NO3S/c12-5-1-6-15-7-4-11-9-3-2-8(9)10(13)14/h8-9,11-12H,1-7H2,(H,13,14). The maximum absolute atomic E-state index is 10.7. The van der Waals surface area contributed by atoms with Gasteiger partial charge in [-0.2, -0.15) is 11.8 Å². The minimum absolute atomic E-state index is 0.174. The van der Waals surface area contributed by atoms with Gasteiger partial charge in [-0.1, -0.05) is 0 Å². The van der Waals surface area contributed by atoms with E-state index in [1.807, 2.05) is 0 Å². The number of nitrogens with one attached hydrogen (secondary N) is 1. The van der Waals surface area contributed by atoms with E-state index >= 15 is 0 Å². The first-order valence-corrected chi connectivity index (χ1v) is 6.56. The van der Waals surface area contributed by atoms with Crippen LogP contribution >= 0.6 is 11.8 Å². The Balaban J connectivity index is 1.94. The second-order valence-electron chi connectivity index (χ2n) is 3.77. The minimum atomic E-state index is -0.674. The first-order chi connectivity index (χ1) is 7.25. The highest BCUT2D eigenvalue weighted by Crippen LogP contribution is 2.27. The molecule has 0 amide bonds. The van der Waals surface area contributed by atoms with Crippen molar-refractivity contribution in [2.45, 2.75) is 25.3 Å². The molecule has 0 heterocycles. The van der Waals surface area contributed by atoms with E-state index in [1.165, 1.54) is 0 Å². The van der Waals surface area contributed by atoms with Crippen molar-refractivity contribution in [2.75, 3.05) is 24.7 Å². The Hall–Kier alpha value is -0.260. The molecule has 0 aromatic rings. The van der Waals surface area contributed by atoms with Gasteiger partial charge in [0.2, 0.25) is 0 Å². The van der Waals surface area contributed by atoms with Crippen LogP contribution in [0.3, 0.4) is 0 Å². The highest BCUT2D eigenvalue weighted by Gasteiger charge is 2.35. The molecule has 1 rings (SSSR count). The van der Waals surface area contributed by atoms with Crippen LogP contribution in [0.2, 0.25) is 0 Å². The molecule has 0 aliphatic heterocycles. The van der Waals surface area contributed by atoms with E-state index in [-0.39, 0.29) is 18.6 Å². The zero-order valence-electron chi connectivity index (χ0n) is 8.82. The van der Waals surface area contributed by atoms with Gasteiger partial charge in [0.05, 0.1) is 5.92 Å². The average Bonchev–Trinajstić information content (AvgIpc) is 2.13. The quantitative estimate of drug-likeness (QED) is 0.534. The van der Waals surface area contributed by atoms with Gasteiger partial charge in [-0.25, -0.2) is 0 Å². The summed E-state index contributed by atoms with van der Waals surface area (Å²) in [5.74, 6) is 1.12. The molecule has 0 radical (unpaired) electrons. The lowest BCUT2D eigenvalue weighted by Crippen LogP contribution is -2.48. The number of carboxylic acid groups (broad SMARTS) is 1. The lowest BCUT2D eigenvalue weighted by Gasteiger charge is -2.34. The van der Waals surface area contributed by atoms with Gasteiger partial charge in [-0.3, -0.25) is 4.79 Å². The van der Waals surface area contributed by atoms with Crippen molar-refractivity contribution >= 4 is 17.7 Å². The molecule has 1 fully saturated rings. The molecule has 0 saturated heterocycles. The van der Waals surface area contributed by atoms with Crippen LogP contribution in [0, 0.1) is 5.92 Å². The number of aliphatic hydroxyl groups is 1. The first kappa shape index (κ1) is 12.8. The predicted molar refractivity (Wildman–Crippen MR) is 61.2 cm³/mol. The zero-order valence-corrected chi connectivity index (χ0v) is 9.63. The van der Waals surface area contributed by atoms with Crippen LogP contribution in [0.1, 0.15) is 19.3 Å². The minimum Gasteiger partial charge on any atom is -0.481 e. The Morgan fingerprint density at radius 1 is 1.40 bits per heavy atom. The largest absolute Gasteiger partial charge is 0.481 e. The van der Waals surface area contributed by atoms with Gasteiger partial charge < -0.3 is 15.5 Å². The van der Waals surface area contributed by atoms with Crippen LogP contribution in [0.25, 0.3) is 0 Å². The Labute approximate surface area is 94.4 Å². The molecule has 2 atom stereocenters. The molecule has 4 nitrogen and oxygen atoms in total. The summed E-state index contributed by atoms with van der Waals surface area (Å²) in [5.41, 5.74) is 0. The molecule has 2 unspecified atom stereocenters.